The Bertz CT molecular complexity index is 628. The molecule has 1 fully saturated rings. The Morgan fingerprint density at radius 1 is 0.920 bits per heavy atom. The molecule has 2 aromatic rings. The van der Waals surface area contributed by atoms with Crippen LogP contribution in [0.25, 0.3) is 0 Å². The molecule has 0 saturated carbocycles. The number of nitrogens with zero attached hydrogens (tertiary/aromatic N) is 1. The Kier molecular flexibility index (Phi) is 6.21. The Labute approximate surface area is 150 Å². The van der Waals surface area contributed by atoms with Gasteiger partial charge in [0.15, 0.2) is 5.79 Å². The first-order chi connectivity index (χ1) is 12.3. The summed E-state index contributed by atoms with van der Waals surface area (Å²) in [4.78, 5) is 2.40. The van der Waals surface area contributed by atoms with Crippen molar-refractivity contribution in [3.63, 3.8) is 0 Å². The van der Waals surface area contributed by atoms with Gasteiger partial charge in [-0.1, -0.05) is 60.7 Å². The van der Waals surface area contributed by atoms with Crippen LogP contribution >= 0.6 is 0 Å². The van der Waals surface area contributed by atoms with Crippen molar-refractivity contribution in [2.45, 2.75) is 31.5 Å². The average Bonchev–Trinajstić information content (AvgIpc) is 2.68. The van der Waals surface area contributed by atoms with Crippen molar-refractivity contribution in [1.82, 2.24) is 4.90 Å². The van der Waals surface area contributed by atoms with E-state index in [-0.39, 0.29) is 6.10 Å². The lowest BCUT2D eigenvalue weighted by molar-refractivity contribution is -0.291. The van der Waals surface area contributed by atoms with Crippen LogP contribution in [0.15, 0.2) is 60.7 Å². The number of hydrogen-bond donors (Lipinski definition) is 0. The van der Waals surface area contributed by atoms with Gasteiger partial charge >= 0.3 is 0 Å². The van der Waals surface area contributed by atoms with Gasteiger partial charge in [0.2, 0.25) is 0 Å². The molecular formula is C21H27NO3. The van der Waals surface area contributed by atoms with Crippen LogP contribution in [0, 0.1) is 0 Å². The first kappa shape index (κ1) is 18.1. The molecule has 1 saturated heterocycles. The third kappa shape index (κ3) is 4.47. The smallest absolute Gasteiger partial charge is 0.196 e. The van der Waals surface area contributed by atoms with Crippen LogP contribution in [0.1, 0.15) is 17.5 Å². The number of hydrogen-bond acceptors (Lipinski definition) is 4. The third-order valence-electron chi connectivity index (χ3n) is 4.93. The van der Waals surface area contributed by atoms with Gasteiger partial charge in [-0.15, -0.1) is 0 Å². The van der Waals surface area contributed by atoms with Gasteiger partial charge in [0, 0.05) is 40.3 Å². The number of methoxy groups -OCH3 is 2. The van der Waals surface area contributed by atoms with Crippen LogP contribution in [0.3, 0.4) is 0 Å². The summed E-state index contributed by atoms with van der Waals surface area (Å²) in [7, 11) is 3.41. The maximum Gasteiger partial charge on any atom is 0.196 e. The molecule has 1 aliphatic rings. The van der Waals surface area contributed by atoms with Crippen molar-refractivity contribution in [1.29, 1.82) is 0 Å². The van der Waals surface area contributed by atoms with Crippen molar-refractivity contribution in [3.05, 3.63) is 71.8 Å². The van der Waals surface area contributed by atoms with Crippen LogP contribution in [0.2, 0.25) is 0 Å². The maximum absolute atomic E-state index is 6.24. The van der Waals surface area contributed by atoms with Gasteiger partial charge in [0.1, 0.15) is 6.10 Å². The van der Waals surface area contributed by atoms with Gasteiger partial charge in [-0.25, -0.2) is 0 Å². The van der Waals surface area contributed by atoms with E-state index >= 15 is 0 Å². The summed E-state index contributed by atoms with van der Waals surface area (Å²) in [5, 5.41) is 0. The molecule has 1 aliphatic heterocycles. The molecule has 4 heteroatoms. The van der Waals surface area contributed by atoms with E-state index in [9.17, 15) is 0 Å². The zero-order valence-electron chi connectivity index (χ0n) is 15.1. The lowest BCUT2D eigenvalue weighted by Gasteiger charge is -2.45. The summed E-state index contributed by atoms with van der Waals surface area (Å²) in [6.07, 6.45) is 0.645. The average molecular weight is 341 g/mol. The molecule has 0 amide bonds. The molecule has 1 atom stereocenters. The third-order valence-corrected chi connectivity index (χ3v) is 4.93. The fraction of sp³-hybridized carbons (Fsp3) is 0.429. The lowest BCUT2D eigenvalue weighted by Crippen LogP contribution is -2.58. The molecule has 134 valence electrons. The summed E-state index contributed by atoms with van der Waals surface area (Å²) < 4.78 is 17.8. The summed E-state index contributed by atoms with van der Waals surface area (Å²) in [5.41, 5.74) is 2.47. The standard InChI is InChI=1S/C21H27NO3/c1-23-21(24-2)13-14-22(15-18-9-5-3-6-10-18)16-20(21)25-17-19-11-7-4-8-12-19/h3-12,20H,13-17H2,1-2H3. The lowest BCUT2D eigenvalue weighted by atomic mass is 9.99. The molecule has 0 aromatic heterocycles. The van der Waals surface area contributed by atoms with E-state index in [1.54, 1.807) is 14.2 Å². The highest BCUT2D eigenvalue weighted by molar-refractivity contribution is 5.15. The Morgan fingerprint density at radius 2 is 1.52 bits per heavy atom. The van der Waals surface area contributed by atoms with Gasteiger partial charge < -0.3 is 14.2 Å². The molecule has 0 bridgehead atoms. The van der Waals surface area contributed by atoms with Crippen molar-refractivity contribution in [3.8, 4) is 0 Å². The molecule has 0 spiro atoms. The van der Waals surface area contributed by atoms with Gasteiger partial charge in [0.05, 0.1) is 6.61 Å². The Hall–Kier alpha value is -1.72. The summed E-state index contributed by atoms with van der Waals surface area (Å²) in [6, 6.07) is 20.8. The van der Waals surface area contributed by atoms with Gasteiger partial charge in [-0.3, -0.25) is 4.90 Å². The fourth-order valence-corrected chi connectivity index (χ4v) is 3.43. The van der Waals surface area contributed by atoms with Gasteiger partial charge in [-0.05, 0) is 11.1 Å². The first-order valence-electron chi connectivity index (χ1n) is 8.78. The first-order valence-corrected chi connectivity index (χ1v) is 8.78. The minimum absolute atomic E-state index is 0.139. The van der Waals surface area contributed by atoms with Crippen LogP contribution in [-0.2, 0) is 27.4 Å². The highest BCUT2D eigenvalue weighted by atomic mass is 16.7. The van der Waals surface area contributed by atoms with Crippen molar-refractivity contribution in [2.24, 2.45) is 0 Å². The second-order valence-corrected chi connectivity index (χ2v) is 6.48. The molecule has 1 heterocycles. The molecule has 2 aromatic carbocycles. The predicted molar refractivity (Wildman–Crippen MR) is 98.1 cm³/mol. The van der Waals surface area contributed by atoms with E-state index in [2.05, 4.69) is 41.3 Å². The SMILES string of the molecule is COC1(OC)CCN(Cc2ccccc2)CC1OCc1ccccc1. The second kappa shape index (κ2) is 8.59. The molecule has 25 heavy (non-hydrogen) atoms. The van der Waals surface area contributed by atoms with Crippen molar-refractivity contribution in [2.75, 3.05) is 27.3 Å². The molecule has 1 unspecified atom stereocenters. The predicted octanol–water partition coefficient (Wildman–Crippen LogP) is 3.47. The number of piperidine rings is 1. The highest BCUT2D eigenvalue weighted by Crippen LogP contribution is 2.30. The zero-order valence-corrected chi connectivity index (χ0v) is 15.1. The van der Waals surface area contributed by atoms with E-state index in [0.29, 0.717) is 6.61 Å². The largest absolute Gasteiger partial charge is 0.367 e. The minimum Gasteiger partial charge on any atom is -0.367 e. The Balaban J connectivity index is 1.67. The summed E-state index contributed by atoms with van der Waals surface area (Å²) in [6.45, 7) is 3.17. The van der Waals surface area contributed by atoms with E-state index in [0.717, 1.165) is 31.6 Å². The van der Waals surface area contributed by atoms with Crippen LogP contribution in [-0.4, -0.2) is 44.1 Å². The Morgan fingerprint density at radius 3 is 2.12 bits per heavy atom. The molecular weight excluding hydrogens is 314 g/mol. The molecule has 0 radical (unpaired) electrons. The highest BCUT2D eigenvalue weighted by Gasteiger charge is 2.44. The minimum atomic E-state index is -0.679. The van der Waals surface area contributed by atoms with Crippen LogP contribution in [0.5, 0.6) is 0 Å². The quantitative estimate of drug-likeness (QED) is 0.722. The normalized spacial score (nSPS) is 20.5. The number of rotatable bonds is 7. The maximum atomic E-state index is 6.24. The molecule has 4 nitrogen and oxygen atoms in total. The fourth-order valence-electron chi connectivity index (χ4n) is 3.43. The molecule has 0 aliphatic carbocycles. The van der Waals surface area contributed by atoms with Crippen molar-refractivity contribution < 1.29 is 14.2 Å². The van der Waals surface area contributed by atoms with E-state index in [4.69, 9.17) is 14.2 Å². The monoisotopic (exact) mass is 341 g/mol. The molecule has 0 N–H and O–H groups in total. The summed E-state index contributed by atoms with van der Waals surface area (Å²) in [5.74, 6) is -0.679. The van der Waals surface area contributed by atoms with Crippen molar-refractivity contribution >= 4 is 0 Å². The van der Waals surface area contributed by atoms with E-state index in [1.807, 2.05) is 24.3 Å². The van der Waals surface area contributed by atoms with Gasteiger partial charge in [-0.2, -0.15) is 0 Å². The van der Waals surface area contributed by atoms with Crippen LogP contribution < -0.4 is 0 Å². The number of likely N-dealkylation sites (tertiary alicyclic amines) is 1. The molecule has 3 rings (SSSR count). The second-order valence-electron chi connectivity index (χ2n) is 6.48. The number of benzene rings is 2. The summed E-state index contributed by atoms with van der Waals surface area (Å²) >= 11 is 0. The number of ether oxygens (including phenoxy) is 3. The van der Waals surface area contributed by atoms with Crippen LogP contribution in [0.4, 0.5) is 0 Å². The van der Waals surface area contributed by atoms with Gasteiger partial charge in [0.25, 0.3) is 0 Å². The van der Waals surface area contributed by atoms with E-state index < -0.39 is 5.79 Å². The van der Waals surface area contributed by atoms with E-state index in [1.165, 1.54) is 5.56 Å². The zero-order chi connectivity index (χ0) is 17.5. The topological polar surface area (TPSA) is 30.9 Å².